The zero-order chi connectivity index (χ0) is 13.6. The van der Waals surface area contributed by atoms with Crippen molar-refractivity contribution in [2.45, 2.75) is 64.6 Å². The fourth-order valence-electron chi connectivity index (χ4n) is 5.01. The summed E-state index contributed by atoms with van der Waals surface area (Å²) in [7, 11) is 0. The molecule has 2 aliphatic rings. The molecule has 0 aromatic carbocycles. The molecule has 102 valence electrons. The van der Waals surface area contributed by atoms with Crippen LogP contribution in [0.3, 0.4) is 0 Å². The van der Waals surface area contributed by atoms with E-state index in [1.807, 2.05) is 0 Å². The molecule has 0 radical (unpaired) electrons. The molecule has 0 saturated heterocycles. The fraction of sp³-hybridized carbons (Fsp3) is 0.938. The Hall–Kier alpha value is -0.0300. The number of nitriles is 1. The minimum Gasteiger partial charge on any atom is -0.198 e. The molecule has 0 aliphatic heterocycles. The highest BCUT2D eigenvalue weighted by Gasteiger charge is 2.56. The Labute approximate surface area is 120 Å². The summed E-state index contributed by atoms with van der Waals surface area (Å²) in [6, 6.07) is 2.45. The van der Waals surface area contributed by atoms with Gasteiger partial charge in [-0.15, -0.1) is 0 Å². The summed E-state index contributed by atoms with van der Waals surface area (Å²) in [6.45, 7) is 9.68. The third-order valence-corrected chi connectivity index (χ3v) is 7.83. The van der Waals surface area contributed by atoms with Crippen molar-refractivity contribution in [3.63, 3.8) is 0 Å². The molecule has 1 nitrogen and oxygen atoms in total. The molecule has 2 rings (SSSR count). The summed E-state index contributed by atoms with van der Waals surface area (Å²) in [5.41, 5.74) is 0.738. The number of alkyl halides is 1. The molecule has 2 saturated carbocycles. The largest absolute Gasteiger partial charge is 0.198 e. The molecule has 18 heavy (non-hydrogen) atoms. The molecular weight excluding hydrogens is 286 g/mol. The van der Waals surface area contributed by atoms with Crippen LogP contribution in [0, 0.1) is 39.9 Å². The third-order valence-electron chi connectivity index (χ3n) is 6.19. The lowest BCUT2D eigenvalue weighted by Crippen LogP contribution is -2.54. The summed E-state index contributed by atoms with van der Waals surface area (Å²) >= 11 is 3.90. The summed E-state index contributed by atoms with van der Waals surface area (Å²) in [5, 5.41) is 9.16. The topological polar surface area (TPSA) is 23.8 Å². The van der Waals surface area contributed by atoms with Crippen LogP contribution in [-0.2, 0) is 0 Å². The Kier molecular flexibility index (Phi) is 3.85. The van der Waals surface area contributed by atoms with Crippen molar-refractivity contribution in [3.05, 3.63) is 0 Å². The molecule has 0 aromatic rings. The van der Waals surface area contributed by atoms with Gasteiger partial charge in [0.05, 0.1) is 6.07 Å². The van der Waals surface area contributed by atoms with Gasteiger partial charge >= 0.3 is 0 Å². The van der Waals surface area contributed by atoms with Crippen molar-refractivity contribution in [2.75, 3.05) is 0 Å². The first-order valence-electron chi connectivity index (χ1n) is 7.35. The lowest BCUT2D eigenvalue weighted by molar-refractivity contribution is -0.0872. The lowest BCUT2D eigenvalue weighted by atomic mass is 9.46. The van der Waals surface area contributed by atoms with Gasteiger partial charge in [0.15, 0.2) is 0 Å². The normalized spacial score (nSPS) is 47.1. The van der Waals surface area contributed by atoms with Crippen LogP contribution in [0.15, 0.2) is 0 Å². The summed E-state index contributed by atoms with van der Waals surface area (Å²) in [4.78, 5) is 0.638. The number of nitrogens with zero attached hydrogens (tertiary/aromatic N) is 1. The second-order valence-electron chi connectivity index (χ2n) is 7.41. The molecule has 0 heterocycles. The zero-order valence-electron chi connectivity index (χ0n) is 12.2. The van der Waals surface area contributed by atoms with Gasteiger partial charge in [-0.1, -0.05) is 50.0 Å². The second kappa shape index (κ2) is 4.82. The lowest BCUT2D eigenvalue weighted by Gasteiger charge is -2.60. The molecule has 5 atom stereocenters. The molecule has 2 aliphatic carbocycles. The Bertz CT molecular complexity index is 357. The van der Waals surface area contributed by atoms with E-state index in [0.29, 0.717) is 27.5 Å². The number of fused-ring (bicyclic) bond motifs is 1. The first-order chi connectivity index (χ1) is 8.34. The van der Waals surface area contributed by atoms with E-state index in [9.17, 15) is 0 Å². The van der Waals surface area contributed by atoms with E-state index in [1.165, 1.54) is 25.7 Å². The SMILES string of the molecule is CC1CC[C@H]2C(C)(C)[C@@H](Br)CC[C@]2(C)C1CC#N. The van der Waals surface area contributed by atoms with Crippen molar-refractivity contribution in [2.24, 2.45) is 28.6 Å². The van der Waals surface area contributed by atoms with Crippen molar-refractivity contribution >= 4 is 15.9 Å². The van der Waals surface area contributed by atoms with Gasteiger partial charge in [0.2, 0.25) is 0 Å². The number of rotatable bonds is 1. The van der Waals surface area contributed by atoms with Gasteiger partial charge in [-0.2, -0.15) is 5.26 Å². The van der Waals surface area contributed by atoms with Crippen molar-refractivity contribution in [3.8, 4) is 6.07 Å². The Balaban J connectivity index is 2.35. The molecule has 2 unspecified atom stereocenters. The molecule has 0 bridgehead atoms. The minimum atomic E-state index is 0.362. The van der Waals surface area contributed by atoms with Crippen molar-refractivity contribution in [1.29, 1.82) is 5.26 Å². The Morgan fingerprint density at radius 3 is 2.50 bits per heavy atom. The van der Waals surface area contributed by atoms with Crippen LogP contribution in [0.2, 0.25) is 0 Å². The standard InChI is InChI=1S/C16H26BrN/c1-11-5-6-13-15(2,3)14(17)7-9-16(13,4)12(11)8-10-18/h11-14H,5-9H2,1-4H3/t11?,12?,13-,14-,16+/m0/s1. The first-order valence-corrected chi connectivity index (χ1v) is 8.26. The van der Waals surface area contributed by atoms with Crippen LogP contribution in [0.4, 0.5) is 0 Å². The fourth-order valence-corrected chi connectivity index (χ4v) is 5.56. The molecule has 0 aromatic heterocycles. The Morgan fingerprint density at radius 1 is 1.22 bits per heavy atom. The molecule has 0 amide bonds. The van der Waals surface area contributed by atoms with E-state index in [1.54, 1.807) is 0 Å². The molecule has 2 fully saturated rings. The van der Waals surface area contributed by atoms with Crippen LogP contribution < -0.4 is 0 Å². The summed E-state index contributed by atoms with van der Waals surface area (Å²) in [6.07, 6.45) is 5.93. The smallest absolute Gasteiger partial charge is 0.0624 e. The van der Waals surface area contributed by atoms with E-state index < -0.39 is 0 Å². The van der Waals surface area contributed by atoms with E-state index in [2.05, 4.69) is 49.7 Å². The van der Waals surface area contributed by atoms with E-state index in [0.717, 1.165) is 12.3 Å². The number of halogens is 1. The maximum atomic E-state index is 9.16. The maximum Gasteiger partial charge on any atom is 0.0624 e. The highest BCUT2D eigenvalue weighted by molar-refractivity contribution is 9.09. The average Bonchev–Trinajstić information content (AvgIpc) is 2.29. The third kappa shape index (κ3) is 2.03. The minimum absolute atomic E-state index is 0.362. The zero-order valence-corrected chi connectivity index (χ0v) is 13.8. The highest BCUT2D eigenvalue weighted by Crippen LogP contribution is 2.62. The van der Waals surface area contributed by atoms with Gasteiger partial charge in [0, 0.05) is 11.2 Å². The van der Waals surface area contributed by atoms with Crippen molar-refractivity contribution in [1.82, 2.24) is 0 Å². The van der Waals surface area contributed by atoms with Crippen LogP contribution in [-0.4, -0.2) is 4.83 Å². The highest BCUT2D eigenvalue weighted by atomic mass is 79.9. The average molecular weight is 312 g/mol. The van der Waals surface area contributed by atoms with Crippen molar-refractivity contribution < 1.29 is 0 Å². The first kappa shape index (κ1) is 14.4. The van der Waals surface area contributed by atoms with Gasteiger partial charge in [0.25, 0.3) is 0 Å². The van der Waals surface area contributed by atoms with E-state index in [4.69, 9.17) is 5.26 Å². The van der Waals surface area contributed by atoms with E-state index >= 15 is 0 Å². The van der Waals surface area contributed by atoms with Crippen LogP contribution in [0.25, 0.3) is 0 Å². The van der Waals surface area contributed by atoms with Crippen LogP contribution in [0.1, 0.15) is 59.8 Å². The maximum absolute atomic E-state index is 9.16. The number of hydrogen-bond donors (Lipinski definition) is 0. The second-order valence-corrected chi connectivity index (χ2v) is 8.51. The van der Waals surface area contributed by atoms with Gasteiger partial charge in [-0.25, -0.2) is 0 Å². The predicted octanol–water partition coefficient (Wildman–Crippen LogP) is 5.15. The summed E-state index contributed by atoms with van der Waals surface area (Å²) in [5.74, 6) is 2.08. The van der Waals surface area contributed by atoms with Gasteiger partial charge < -0.3 is 0 Å². The van der Waals surface area contributed by atoms with Gasteiger partial charge in [-0.05, 0) is 47.8 Å². The summed E-state index contributed by atoms with van der Waals surface area (Å²) < 4.78 is 0. The molecule has 0 spiro atoms. The number of hydrogen-bond acceptors (Lipinski definition) is 1. The monoisotopic (exact) mass is 311 g/mol. The molecule has 2 heteroatoms. The predicted molar refractivity (Wildman–Crippen MR) is 79.4 cm³/mol. The van der Waals surface area contributed by atoms with E-state index in [-0.39, 0.29) is 0 Å². The van der Waals surface area contributed by atoms with Gasteiger partial charge in [0.1, 0.15) is 0 Å². The quantitative estimate of drug-likeness (QED) is 0.614. The van der Waals surface area contributed by atoms with Crippen LogP contribution in [0.5, 0.6) is 0 Å². The van der Waals surface area contributed by atoms with Gasteiger partial charge in [-0.3, -0.25) is 0 Å². The van der Waals surface area contributed by atoms with Crippen LogP contribution >= 0.6 is 15.9 Å². The molecular formula is C16H26BrN. The molecule has 0 N–H and O–H groups in total. The Morgan fingerprint density at radius 2 is 1.89 bits per heavy atom.